The summed E-state index contributed by atoms with van der Waals surface area (Å²) in [5.41, 5.74) is 2.16. The maximum absolute atomic E-state index is 4.29. The summed E-state index contributed by atoms with van der Waals surface area (Å²) in [6, 6.07) is 8.77. The van der Waals surface area contributed by atoms with Gasteiger partial charge in [0, 0.05) is 38.6 Å². The number of aromatic nitrogens is 3. The third kappa shape index (κ3) is 3.51. The Kier molecular flexibility index (Phi) is 3.87. The maximum Gasteiger partial charge on any atom is 0.151 e. The number of anilines is 1. The topological polar surface area (TPSA) is 53.9 Å². The lowest BCUT2D eigenvalue weighted by Gasteiger charge is -2.17. The Morgan fingerprint density at radius 3 is 2.80 bits per heavy atom. The number of nitrogens with one attached hydrogen (secondary N) is 1. The second kappa shape index (κ2) is 5.96. The van der Waals surface area contributed by atoms with Gasteiger partial charge in [-0.25, -0.2) is 0 Å². The molecular formula is C15H19N5. The van der Waals surface area contributed by atoms with Crippen LogP contribution in [-0.2, 0) is 13.1 Å². The van der Waals surface area contributed by atoms with Crippen molar-refractivity contribution >= 4 is 5.82 Å². The molecule has 1 N–H and O–H groups in total. The van der Waals surface area contributed by atoms with Crippen molar-refractivity contribution in [2.24, 2.45) is 0 Å². The lowest BCUT2D eigenvalue weighted by molar-refractivity contribution is 0.664. The molecule has 0 saturated heterocycles. The highest BCUT2D eigenvalue weighted by molar-refractivity contribution is 5.37. The smallest absolute Gasteiger partial charge is 0.151 e. The summed E-state index contributed by atoms with van der Waals surface area (Å²) >= 11 is 0. The molecule has 0 amide bonds. The Hall–Kier alpha value is -2.01. The standard InChI is InChI=1S/C15H19N5/c1-20(11-12-3-2-8-16-9-12)15-7-6-14(18-19-15)10-17-13-4-5-13/h2-3,6-9,13,17H,4-5,10-11H2,1H3. The summed E-state index contributed by atoms with van der Waals surface area (Å²) in [5, 5.41) is 12.0. The third-order valence-corrected chi connectivity index (χ3v) is 3.39. The Balaban J connectivity index is 1.58. The zero-order valence-corrected chi connectivity index (χ0v) is 11.7. The van der Waals surface area contributed by atoms with E-state index in [1.54, 1.807) is 6.20 Å². The van der Waals surface area contributed by atoms with Gasteiger partial charge in [0.05, 0.1) is 5.69 Å². The Bertz CT molecular complexity index is 536. The van der Waals surface area contributed by atoms with E-state index in [9.17, 15) is 0 Å². The summed E-state index contributed by atoms with van der Waals surface area (Å²) in [6.45, 7) is 1.59. The summed E-state index contributed by atoms with van der Waals surface area (Å²) in [6.07, 6.45) is 6.24. The monoisotopic (exact) mass is 269 g/mol. The fraction of sp³-hybridized carbons (Fsp3) is 0.400. The van der Waals surface area contributed by atoms with Gasteiger partial charge in [-0.2, -0.15) is 5.10 Å². The molecule has 0 bridgehead atoms. The van der Waals surface area contributed by atoms with Crippen molar-refractivity contribution in [1.29, 1.82) is 0 Å². The van der Waals surface area contributed by atoms with Crippen molar-refractivity contribution in [2.75, 3.05) is 11.9 Å². The minimum absolute atomic E-state index is 0.699. The van der Waals surface area contributed by atoms with Crippen LogP contribution >= 0.6 is 0 Å². The van der Waals surface area contributed by atoms with Crippen LogP contribution in [0.15, 0.2) is 36.7 Å². The summed E-state index contributed by atoms with van der Waals surface area (Å²) in [7, 11) is 2.01. The van der Waals surface area contributed by atoms with E-state index in [-0.39, 0.29) is 0 Å². The van der Waals surface area contributed by atoms with Crippen LogP contribution in [-0.4, -0.2) is 28.3 Å². The van der Waals surface area contributed by atoms with E-state index in [4.69, 9.17) is 0 Å². The molecule has 104 valence electrons. The van der Waals surface area contributed by atoms with Crippen LogP contribution in [0, 0.1) is 0 Å². The second-order valence-electron chi connectivity index (χ2n) is 5.26. The van der Waals surface area contributed by atoms with Crippen LogP contribution in [0.1, 0.15) is 24.1 Å². The molecular weight excluding hydrogens is 250 g/mol. The first-order chi connectivity index (χ1) is 9.81. The largest absolute Gasteiger partial charge is 0.354 e. The van der Waals surface area contributed by atoms with E-state index in [2.05, 4.69) is 31.5 Å². The van der Waals surface area contributed by atoms with Gasteiger partial charge in [0.1, 0.15) is 0 Å². The molecule has 0 unspecified atom stereocenters. The van der Waals surface area contributed by atoms with Gasteiger partial charge in [0.2, 0.25) is 0 Å². The van der Waals surface area contributed by atoms with Crippen LogP contribution in [0.4, 0.5) is 5.82 Å². The van der Waals surface area contributed by atoms with Crippen LogP contribution in [0.3, 0.4) is 0 Å². The highest BCUT2D eigenvalue weighted by Gasteiger charge is 2.20. The van der Waals surface area contributed by atoms with Crippen molar-refractivity contribution in [3.05, 3.63) is 47.9 Å². The second-order valence-corrected chi connectivity index (χ2v) is 5.26. The van der Waals surface area contributed by atoms with Gasteiger partial charge in [-0.05, 0) is 36.6 Å². The SMILES string of the molecule is CN(Cc1cccnc1)c1ccc(CNC2CC2)nn1. The normalized spacial score (nSPS) is 14.2. The fourth-order valence-electron chi connectivity index (χ4n) is 2.03. The van der Waals surface area contributed by atoms with Gasteiger partial charge in [-0.1, -0.05) is 6.07 Å². The lowest BCUT2D eigenvalue weighted by Crippen LogP contribution is -2.20. The minimum atomic E-state index is 0.699. The number of rotatable bonds is 6. The predicted molar refractivity (Wildman–Crippen MR) is 78.2 cm³/mol. The average Bonchev–Trinajstić information content (AvgIpc) is 3.31. The molecule has 20 heavy (non-hydrogen) atoms. The number of nitrogens with zero attached hydrogens (tertiary/aromatic N) is 4. The molecule has 0 atom stereocenters. The zero-order valence-electron chi connectivity index (χ0n) is 11.7. The van der Waals surface area contributed by atoms with E-state index >= 15 is 0 Å². The van der Waals surface area contributed by atoms with Crippen molar-refractivity contribution in [3.8, 4) is 0 Å². The number of hydrogen-bond donors (Lipinski definition) is 1. The quantitative estimate of drug-likeness (QED) is 0.866. The molecule has 0 aliphatic heterocycles. The van der Waals surface area contributed by atoms with Crippen LogP contribution in [0.5, 0.6) is 0 Å². The van der Waals surface area contributed by atoms with Gasteiger partial charge < -0.3 is 10.2 Å². The van der Waals surface area contributed by atoms with Gasteiger partial charge in [0.25, 0.3) is 0 Å². The molecule has 2 aromatic rings. The van der Waals surface area contributed by atoms with Crippen LogP contribution < -0.4 is 10.2 Å². The zero-order chi connectivity index (χ0) is 13.8. The summed E-state index contributed by atoms with van der Waals surface area (Å²) < 4.78 is 0. The molecule has 1 saturated carbocycles. The molecule has 0 spiro atoms. The van der Waals surface area contributed by atoms with E-state index in [1.165, 1.54) is 12.8 Å². The molecule has 2 aromatic heterocycles. The van der Waals surface area contributed by atoms with Crippen LogP contribution in [0.25, 0.3) is 0 Å². The van der Waals surface area contributed by atoms with E-state index in [0.29, 0.717) is 6.04 Å². The summed E-state index contributed by atoms with van der Waals surface area (Å²) in [5.74, 6) is 0.879. The molecule has 5 nitrogen and oxygen atoms in total. The molecule has 0 aromatic carbocycles. The summed E-state index contributed by atoms with van der Waals surface area (Å²) in [4.78, 5) is 6.19. The van der Waals surface area contributed by atoms with Gasteiger partial charge in [0.15, 0.2) is 5.82 Å². The van der Waals surface area contributed by atoms with Gasteiger partial charge in [-0.15, -0.1) is 5.10 Å². The molecule has 2 heterocycles. The van der Waals surface area contributed by atoms with E-state index in [1.807, 2.05) is 31.4 Å². The molecule has 3 rings (SSSR count). The van der Waals surface area contributed by atoms with Crippen molar-refractivity contribution < 1.29 is 0 Å². The van der Waals surface area contributed by atoms with Crippen molar-refractivity contribution in [1.82, 2.24) is 20.5 Å². The lowest BCUT2D eigenvalue weighted by atomic mass is 10.2. The Morgan fingerprint density at radius 1 is 1.25 bits per heavy atom. The highest BCUT2D eigenvalue weighted by Crippen LogP contribution is 2.19. The first kappa shape index (κ1) is 13.0. The minimum Gasteiger partial charge on any atom is -0.354 e. The van der Waals surface area contributed by atoms with Gasteiger partial charge >= 0.3 is 0 Å². The number of hydrogen-bond acceptors (Lipinski definition) is 5. The first-order valence-electron chi connectivity index (χ1n) is 6.97. The van der Waals surface area contributed by atoms with E-state index in [0.717, 1.165) is 30.2 Å². The first-order valence-corrected chi connectivity index (χ1v) is 6.97. The van der Waals surface area contributed by atoms with Crippen molar-refractivity contribution in [3.63, 3.8) is 0 Å². The molecule has 0 radical (unpaired) electrons. The maximum atomic E-state index is 4.29. The van der Waals surface area contributed by atoms with Crippen molar-refractivity contribution in [2.45, 2.75) is 32.0 Å². The van der Waals surface area contributed by atoms with Gasteiger partial charge in [-0.3, -0.25) is 4.98 Å². The fourth-order valence-corrected chi connectivity index (χ4v) is 2.03. The average molecular weight is 269 g/mol. The Morgan fingerprint density at radius 2 is 2.15 bits per heavy atom. The predicted octanol–water partition coefficient (Wildman–Crippen LogP) is 1.76. The number of pyridine rings is 1. The van der Waals surface area contributed by atoms with E-state index < -0.39 is 0 Å². The Labute approximate surface area is 119 Å². The molecule has 1 aliphatic carbocycles. The molecule has 1 aliphatic rings. The molecule has 5 heteroatoms. The highest BCUT2D eigenvalue weighted by atomic mass is 15.2. The third-order valence-electron chi connectivity index (χ3n) is 3.39. The van der Waals surface area contributed by atoms with Crippen LogP contribution in [0.2, 0.25) is 0 Å². The molecule has 1 fully saturated rings.